The van der Waals surface area contributed by atoms with Crippen LogP contribution in [0.2, 0.25) is 0 Å². The van der Waals surface area contributed by atoms with Crippen molar-refractivity contribution in [3.05, 3.63) is 27.7 Å². The fraction of sp³-hybridized carbons (Fsp3) is 0.500. The van der Waals surface area contributed by atoms with Crippen LogP contribution < -0.4 is 5.56 Å². The smallest absolute Gasteiger partial charge is 0.273 e. The van der Waals surface area contributed by atoms with E-state index in [1.54, 1.807) is 0 Å². The van der Waals surface area contributed by atoms with Crippen LogP contribution in [0.1, 0.15) is 42.7 Å². The van der Waals surface area contributed by atoms with Crippen molar-refractivity contribution in [2.75, 3.05) is 0 Å². The molecule has 0 saturated heterocycles. The number of carbonyl (C=O) groups excluding carboxylic acids is 1. The van der Waals surface area contributed by atoms with Crippen LogP contribution in [0.4, 0.5) is 0 Å². The summed E-state index contributed by atoms with van der Waals surface area (Å²) < 4.78 is 1.26. The average Bonchev–Trinajstić information content (AvgIpc) is 2.63. The van der Waals surface area contributed by atoms with Gasteiger partial charge in [-0.15, -0.1) is 0 Å². The van der Waals surface area contributed by atoms with Gasteiger partial charge < -0.3 is 0 Å². The van der Waals surface area contributed by atoms with Crippen molar-refractivity contribution >= 4 is 27.7 Å². The van der Waals surface area contributed by atoms with E-state index in [-0.39, 0.29) is 11.5 Å². The zero-order chi connectivity index (χ0) is 14.2. The number of aromatic nitrogens is 2. The van der Waals surface area contributed by atoms with Crippen LogP contribution in [0.5, 0.6) is 0 Å². The summed E-state index contributed by atoms with van der Waals surface area (Å²) in [6.07, 6.45) is 1.20. The number of rotatable bonds is 3. The molecule has 0 aromatic carbocycles. The molecular formula is C14H18N2O2S. The molecule has 0 radical (unpaired) electrons. The summed E-state index contributed by atoms with van der Waals surface area (Å²) in [6.45, 7) is 7.90. The molecule has 0 aliphatic heterocycles. The Hall–Kier alpha value is -1.49. The molecule has 19 heavy (non-hydrogen) atoms. The second kappa shape index (κ2) is 5.25. The number of carbonyl (C=O) groups is 1. The second-order valence-electron chi connectivity index (χ2n) is 5.28. The quantitative estimate of drug-likeness (QED) is 0.866. The molecule has 0 atom stereocenters. The van der Waals surface area contributed by atoms with Crippen molar-refractivity contribution < 1.29 is 4.79 Å². The molecule has 102 valence electrons. The molecule has 5 heteroatoms. The van der Waals surface area contributed by atoms with E-state index >= 15 is 0 Å². The monoisotopic (exact) mass is 278 g/mol. The Labute approximate surface area is 116 Å². The first-order chi connectivity index (χ1) is 8.90. The van der Waals surface area contributed by atoms with Gasteiger partial charge in [0.05, 0.1) is 5.39 Å². The topological polar surface area (TPSA) is 52.0 Å². The van der Waals surface area contributed by atoms with Crippen molar-refractivity contribution in [1.82, 2.24) is 8.94 Å². The van der Waals surface area contributed by atoms with Crippen molar-refractivity contribution in [2.45, 2.75) is 40.5 Å². The molecule has 2 aromatic rings. The molecular weight excluding hydrogens is 260 g/mol. The van der Waals surface area contributed by atoms with Gasteiger partial charge in [-0.2, -0.15) is 3.96 Å². The number of fused-ring (bicyclic) bond motifs is 1. The molecule has 0 aliphatic carbocycles. The fourth-order valence-electron chi connectivity index (χ4n) is 2.04. The van der Waals surface area contributed by atoms with Gasteiger partial charge in [-0.3, -0.25) is 9.59 Å². The maximum absolute atomic E-state index is 12.3. The summed E-state index contributed by atoms with van der Waals surface area (Å²) in [5.41, 5.74) is 1.53. The molecule has 0 N–H and O–H groups in total. The van der Waals surface area contributed by atoms with Crippen LogP contribution in [-0.2, 0) is 0 Å². The Morgan fingerprint density at radius 2 is 2.11 bits per heavy atom. The number of hydrogen-bond donors (Lipinski definition) is 0. The van der Waals surface area contributed by atoms with Crippen LogP contribution in [0.15, 0.2) is 10.9 Å². The highest BCUT2D eigenvalue weighted by Gasteiger charge is 2.16. The SMILES string of the molecule is Cc1cc(C)c2c(=O)n(C(=O)CCC(C)C)sc2n1. The highest BCUT2D eigenvalue weighted by molar-refractivity contribution is 7.14. The van der Waals surface area contributed by atoms with E-state index in [0.717, 1.165) is 29.2 Å². The molecule has 0 aliphatic rings. The molecule has 4 nitrogen and oxygen atoms in total. The van der Waals surface area contributed by atoms with Gasteiger partial charge in [0.1, 0.15) is 4.83 Å². The van der Waals surface area contributed by atoms with Gasteiger partial charge >= 0.3 is 0 Å². The molecule has 0 spiro atoms. The molecule has 0 fully saturated rings. The largest absolute Gasteiger partial charge is 0.277 e. The first-order valence-electron chi connectivity index (χ1n) is 6.43. The van der Waals surface area contributed by atoms with E-state index in [1.165, 1.54) is 3.96 Å². The third-order valence-electron chi connectivity index (χ3n) is 3.05. The molecule has 0 unspecified atom stereocenters. The molecule has 0 saturated carbocycles. The van der Waals surface area contributed by atoms with Crippen LogP contribution in [-0.4, -0.2) is 14.8 Å². The summed E-state index contributed by atoms with van der Waals surface area (Å²) in [7, 11) is 0. The summed E-state index contributed by atoms with van der Waals surface area (Å²) in [5.74, 6) is 0.329. The Morgan fingerprint density at radius 3 is 2.74 bits per heavy atom. The third kappa shape index (κ3) is 2.76. The number of nitrogens with zero attached hydrogens (tertiary/aromatic N) is 2. The molecule has 2 aromatic heterocycles. The van der Waals surface area contributed by atoms with Crippen molar-refractivity contribution in [2.24, 2.45) is 5.92 Å². The lowest BCUT2D eigenvalue weighted by atomic mass is 10.1. The van der Waals surface area contributed by atoms with Gasteiger partial charge in [0, 0.05) is 12.1 Å². The minimum atomic E-state index is -0.223. The predicted octanol–water partition coefficient (Wildman–Crippen LogP) is 3.15. The van der Waals surface area contributed by atoms with E-state index in [2.05, 4.69) is 18.8 Å². The standard InChI is InChI=1S/C14H18N2O2S/c1-8(2)5-6-11(17)16-14(18)12-9(3)7-10(4)15-13(12)19-16/h7-8H,5-6H2,1-4H3. The van der Waals surface area contributed by atoms with E-state index in [0.29, 0.717) is 22.6 Å². The van der Waals surface area contributed by atoms with Gasteiger partial charge in [0.2, 0.25) is 5.91 Å². The van der Waals surface area contributed by atoms with Gasteiger partial charge in [0.15, 0.2) is 0 Å². The maximum atomic E-state index is 12.3. The van der Waals surface area contributed by atoms with Crippen LogP contribution in [0, 0.1) is 19.8 Å². The Morgan fingerprint density at radius 1 is 1.42 bits per heavy atom. The Balaban J connectivity index is 2.46. The highest BCUT2D eigenvalue weighted by atomic mass is 32.1. The second-order valence-corrected chi connectivity index (χ2v) is 6.21. The van der Waals surface area contributed by atoms with Crippen LogP contribution in [0.25, 0.3) is 10.2 Å². The zero-order valence-corrected chi connectivity index (χ0v) is 12.5. The Kier molecular flexibility index (Phi) is 3.85. The van der Waals surface area contributed by atoms with E-state index in [9.17, 15) is 9.59 Å². The number of pyridine rings is 1. The van der Waals surface area contributed by atoms with E-state index in [1.807, 2.05) is 19.9 Å². The van der Waals surface area contributed by atoms with E-state index in [4.69, 9.17) is 0 Å². The molecule has 2 heterocycles. The van der Waals surface area contributed by atoms with Gasteiger partial charge in [-0.1, -0.05) is 13.8 Å². The van der Waals surface area contributed by atoms with Crippen molar-refractivity contribution in [3.63, 3.8) is 0 Å². The lowest BCUT2D eigenvalue weighted by Crippen LogP contribution is -2.21. The normalized spacial score (nSPS) is 11.4. The average molecular weight is 278 g/mol. The Bertz CT molecular complexity index is 683. The zero-order valence-electron chi connectivity index (χ0n) is 11.7. The van der Waals surface area contributed by atoms with Crippen molar-refractivity contribution in [1.29, 1.82) is 0 Å². The minimum Gasteiger partial charge on any atom is -0.273 e. The maximum Gasteiger partial charge on any atom is 0.277 e. The summed E-state index contributed by atoms with van der Waals surface area (Å²) in [5, 5.41) is 0.577. The number of aryl methyl sites for hydroxylation is 2. The number of hydrogen-bond acceptors (Lipinski definition) is 4. The molecule has 0 amide bonds. The van der Waals surface area contributed by atoms with Gasteiger partial charge in [-0.25, -0.2) is 4.98 Å². The van der Waals surface area contributed by atoms with Crippen LogP contribution >= 0.6 is 11.5 Å². The highest BCUT2D eigenvalue weighted by Crippen LogP contribution is 2.19. The first kappa shape index (κ1) is 13.9. The van der Waals surface area contributed by atoms with Crippen molar-refractivity contribution in [3.8, 4) is 0 Å². The summed E-state index contributed by atoms with van der Waals surface area (Å²) in [6, 6.07) is 1.87. The fourth-order valence-corrected chi connectivity index (χ4v) is 3.10. The van der Waals surface area contributed by atoms with Gasteiger partial charge in [-0.05, 0) is 49.3 Å². The molecule has 2 rings (SSSR count). The predicted molar refractivity (Wildman–Crippen MR) is 78.1 cm³/mol. The lowest BCUT2D eigenvalue weighted by Gasteiger charge is -2.02. The minimum absolute atomic E-state index is 0.126. The first-order valence-corrected chi connectivity index (χ1v) is 7.21. The van der Waals surface area contributed by atoms with Gasteiger partial charge in [0.25, 0.3) is 5.56 Å². The summed E-state index contributed by atoms with van der Waals surface area (Å²) >= 11 is 1.16. The van der Waals surface area contributed by atoms with Crippen LogP contribution in [0.3, 0.4) is 0 Å². The summed E-state index contributed by atoms with van der Waals surface area (Å²) in [4.78, 5) is 29.3. The van der Waals surface area contributed by atoms with E-state index < -0.39 is 0 Å². The lowest BCUT2D eigenvalue weighted by molar-refractivity contribution is 0.0904. The molecule has 0 bridgehead atoms. The third-order valence-corrected chi connectivity index (χ3v) is 4.07.